The molecule has 5 rings (SSSR count). The van der Waals surface area contributed by atoms with E-state index in [0.29, 0.717) is 39.8 Å². The van der Waals surface area contributed by atoms with Gasteiger partial charge in [0.1, 0.15) is 17.0 Å². The molecule has 1 spiro atoms. The molecule has 41 heavy (non-hydrogen) atoms. The van der Waals surface area contributed by atoms with E-state index in [4.69, 9.17) is 16.3 Å². The summed E-state index contributed by atoms with van der Waals surface area (Å²) in [6.45, 7) is 6.11. The fraction of sp³-hybridized carbons (Fsp3) is 0.333. The van der Waals surface area contributed by atoms with Gasteiger partial charge in [-0.15, -0.1) is 0 Å². The molecule has 0 unspecified atom stereocenters. The Hall–Kier alpha value is -3.52. The number of hydrogen-bond acceptors (Lipinski definition) is 6. The summed E-state index contributed by atoms with van der Waals surface area (Å²) in [5, 5.41) is 18.8. The van der Waals surface area contributed by atoms with E-state index in [0.717, 1.165) is 0 Å². The lowest BCUT2D eigenvalue weighted by Crippen LogP contribution is -2.50. The summed E-state index contributed by atoms with van der Waals surface area (Å²) in [5.41, 5.74) is 0.00778. The Balaban J connectivity index is 1.71. The predicted molar refractivity (Wildman–Crippen MR) is 158 cm³/mol. The first-order valence-electron chi connectivity index (χ1n) is 13.0. The maximum absolute atomic E-state index is 16.0. The van der Waals surface area contributed by atoms with Crippen LogP contribution in [0.3, 0.4) is 0 Å². The standard InChI is InChI=1S/C30H28BrClFN5O3/c1-29(2,3)12-22-30(26-20(37-28(30)40)11-16(32)14-35-26)23(17-6-5-7-18(31)24(17)33)25(38-22)27(39)36-19-9-8-15(13-34)10-21(19)41-4/h5-11,14,22-23,25,38H,12H2,1-4H3,(H,36,39)(H,37,40)/t22-,23-,25+,30+/m0/s1. The van der Waals surface area contributed by atoms with Crippen molar-refractivity contribution in [2.24, 2.45) is 5.41 Å². The maximum Gasteiger partial charge on any atom is 0.242 e. The number of ether oxygens (including phenoxy) is 1. The Labute approximate surface area is 250 Å². The molecular formula is C30H28BrClFN5O3. The summed E-state index contributed by atoms with van der Waals surface area (Å²) in [6.07, 6.45) is 1.93. The van der Waals surface area contributed by atoms with Crippen molar-refractivity contribution >= 4 is 50.7 Å². The third-order valence-corrected chi connectivity index (χ3v) is 8.45. The largest absolute Gasteiger partial charge is 0.495 e. The molecule has 3 aromatic rings. The fourth-order valence-electron chi connectivity index (χ4n) is 6.05. The highest BCUT2D eigenvalue weighted by atomic mass is 79.9. The van der Waals surface area contributed by atoms with Crippen molar-refractivity contribution in [3.05, 3.63) is 80.8 Å². The monoisotopic (exact) mass is 639 g/mol. The molecule has 2 aromatic carbocycles. The van der Waals surface area contributed by atoms with E-state index in [9.17, 15) is 14.9 Å². The summed E-state index contributed by atoms with van der Waals surface area (Å²) in [6, 6.07) is 11.5. The zero-order valence-electron chi connectivity index (χ0n) is 22.8. The second-order valence-electron chi connectivity index (χ2n) is 11.5. The van der Waals surface area contributed by atoms with Gasteiger partial charge in [-0.05, 0) is 57.6 Å². The molecule has 1 aromatic heterocycles. The van der Waals surface area contributed by atoms with Gasteiger partial charge < -0.3 is 20.7 Å². The van der Waals surface area contributed by atoms with Gasteiger partial charge >= 0.3 is 0 Å². The first-order chi connectivity index (χ1) is 19.4. The van der Waals surface area contributed by atoms with Crippen LogP contribution >= 0.6 is 27.5 Å². The van der Waals surface area contributed by atoms with Crippen LogP contribution < -0.4 is 20.7 Å². The number of carbonyl (C=O) groups excluding carboxylic acids is 2. The van der Waals surface area contributed by atoms with Gasteiger partial charge in [-0.25, -0.2) is 4.39 Å². The molecule has 1 fully saturated rings. The number of nitrogens with one attached hydrogen (secondary N) is 3. The number of rotatable bonds is 5. The lowest BCUT2D eigenvalue weighted by molar-refractivity contribution is -0.122. The molecular weight excluding hydrogens is 613 g/mol. The number of halogens is 3. The smallest absolute Gasteiger partial charge is 0.242 e. The van der Waals surface area contributed by atoms with Crippen molar-refractivity contribution in [3.63, 3.8) is 0 Å². The lowest BCUT2D eigenvalue weighted by Gasteiger charge is -2.37. The second-order valence-corrected chi connectivity index (χ2v) is 12.8. The minimum Gasteiger partial charge on any atom is -0.495 e. The molecule has 8 nitrogen and oxygen atoms in total. The Morgan fingerprint density at radius 3 is 2.73 bits per heavy atom. The zero-order chi connectivity index (χ0) is 29.7. The molecule has 2 amide bonds. The van der Waals surface area contributed by atoms with Crippen LogP contribution in [-0.4, -0.2) is 36.0 Å². The van der Waals surface area contributed by atoms with E-state index >= 15 is 4.39 Å². The number of pyridine rings is 1. The molecule has 212 valence electrons. The van der Waals surface area contributed by atoms with Gasteiger partial charge in [0.2, 0.25) is 11.8 Å². The average molecular weight is 641 g/mol. The van der Waals surface area contributed by atoms with Crippen LogP contribution in [0.1, 0.15) is 49.9 Å². The second kappa shape index (κ2) is 10.7. The minimum absolute atomic E-state index is 0.190. The SMILES string of the molecule is COc1cc(C#N)ccc1NC(=O)[C@@H]1N[C@@H](CC(C)(C)C)[C@@]2(C(=O)Nc3cc(Cl)cnc32)[C@H]1c1cccc(Br)c1F. The van der Waals surface area contributed by atoms with Crippen LogP contribution in [0, 0.1) is 22.6 Å². The first-order valence-corrected chi connectivity index (χ1v) is 14.1. The van der Waals surface area contributed by atoms with Crippen molar-refractivity contribution in [1.82, 2.24) is 10.3 Å². The van der Waals surface area contributed by atoms with Gasteiger partial charge in [0.05, 0.1) is 51.3 Å². The maximum atomic E-state index is 16.0. The average Bonchev–Trinajstić information content (AvgIpc) is 3.39. The number of benzene rings is 2. The van der Waals surface area contributed by atoms with Crippen LogP contribution in [0.5, 0.6) is 5.75 Å². The van der Waals surface area contributed by atoms with Crippen molar-refractivity contribution in [1.29, 1.82) is 5.26 Å². The van der Waals surface area contributed by atoms with Crippen molar-refractivity contribution in [2.75, 3.05) is 17.7 Å². The van der Waals surface area contributed by atoms with Crippen LogP contribution in [0.2, 0.25) is 5.02 Å². The van der Waals surface area contributed by atoms with Crippen molar-refractivity contribution < 1.29 is 18.7 Å². The predicted octanol–water partition coefficient (Wildman–Crippen LogP) is 5.91. The number of fused-ring (bicyclic) bond motifs is 2. The third kappa shape index (κ3) is 4.96. The van der Waals surface area contributed by atoms with Crippen LogP contribution in [0.4, 0.5) is 15.8 Å². The number of methoxy groups -OCH3 is 1. The molecule has 2 aliphatic rings. The van der Waals surface area contributed by atoms with Gasteiger partial charge in [-0.3, -0.25) is 14.6 Å². The Morgan fingerprint density at radius 2 is 2.05 bits per heavy atom. The summed E-state index contributed by atoms with van der Waals surface area (Å²) in [7, 11) is 1.44. The molecule has 3 N–H and O–H groups in total. The molecule has 2 aliphatic heterocycles. The summed E-state index contributed by atoms with van der Waals surface area (Å²) in [5.74, 6) is -2.16. The molecule has 3 heterocycles. The Morgan fingerprint density at radius 1 is 1.29 bits per heavy atom. The molecule has 1 saturated heterocycles. The number of carbonyl (C=O) groups is 2. The first kappa shape index (κ1) is 29.0. The number of nitriles is 1. The van der Waals surface area contributed by atoms with Crippen LogP contribution in [-0.2, 0) is 15.0 Å². The number of aromatic nitrogens is 1. The highest BCUT2D eigenvalue weighted by Crippen LogP contribution is 2.56. The van der Waals surface area contributed by atoms with E-state index in [1.165, 1.54) is 19.4 Å². The Bertz CT molecular complexity index is 1600. The zero-order valence-corrected chi connectivity index (χ0v) is 25.2. The van der Waals surface area contributed by atoms with Crippen molar-refractivity contribution in [3.8, 4) is 11.8 Å². The van der Waals surface area contributed by atoms with E-state index in [2.05, 4.69) is 36.9 Å². The van der Waals surface area contributed by atoms with E-state index in [1.807, 2.05) is 26.8 Å². The molecule has 0 radical (unpaired) electrons. The van der Waals surface area contributed by atoms with E-state index in [-0.39, 0.29) is 21.4 Å². The highest BCUT2D eigenvalue weighted by Gasteiger charge is 2.67. The molecule has 0 aliphatic carbocycles. The summed E-state index contributed by atoms with van der Waals surface area (Å²) >= 11 is 9.52. The van der Waals surface area contributed by atoms with E-state index in [1.54, 1.807) is 36.4 Å². The molecule has 0 bridgehead atoms. The topological polar surface area (TPSA) is 116 Å². The molecule has 11 heteroatoms. The fourth-order valence-corrected chi connectivity index (χ4v) is 6.59. The molecule has 4 atom stereocenters. The van der Waals surface area contributed by atoms with E-state index < -0.39 is 35.1 Å². The number of anilines is 2. The quantitative estimate of drug-likeness (QED) is 0.320. The minimum atomic E-state index is -1.44. The van der Waals surface area contributed by atoms with Gasteiger partial charge in [0.25, 0.3) is 0 Å². The van der Waals surface area contributed by atoms with Crippen LogP contribution in [0.25, 0.3) is 0 Å². The molecule has 0 saturated carbocycles. The van der Waals surface area contributed by atoms with Crippen molar-refractivity contribution in [2.45, 2.75) is 50.6 Å². The summed E-state index contributed by atoms with van der Waals surface area (Å²) < 4.78 is 21.6. The van der Waals surface area contributed by atoms with Crippen LogP contribution in [0.15, 0.2) is 53.1 Å². The van der Waals surface area contributed by atoms with Gasteiger partial charge in [-0.1, -0.05) is 44.5 Å². The number of amides is 2. The number of nitrogens with zero attached hydrogens (tertiary/aromatic N) is 2. The number of hydrogen-bond donors (Lipinski definition) is 3. The van der Waals surface area contributed by atoms with Gasteiger partial charge in [-0.2, -0.15) is 5.26 Å². The highest BCUT2D eigenvalue weighted by molar-refractivity contribution is 9.10. The summed E-state index contributed by atoms with van der Waals surface area (Å²) in [4.78, 5) is 32.9. The Kier molecular flexibility index (Phi) is 7.57. The van der Waals surface area contributed by atoms with Gasteiger partial charge in [0.15, 0.2) is 0 Å². The lowest BCUT2D eigenvalue weighted by atomic mass is 9.64. The van der Waals surface area contributed by atoms with Gasteiger partial charge in [0, 0.05) is 24.2 Å². The third-order valence-electron chi connectivity index (χ3n) is 7.63. The normalized spacial score (nSPS) is 23.2.